The van der Waals surface area contributed by atoms with Gasteiger partial charge in [-0.25, -0.2) is 17.8 Å². The minimum absolute atomic E-state index is 0.0138. The number of benzene rings is 2. The van der Waals surface area contributed by atoms with E-state index in [1.54, 1.807) is 0 Å². The summed E-state index contributed by atoms with van der Waals surface area (Å²) in [5.41, 5.74) is -0.853. The lowest BCUT2D eigenvalue weighted by atomic mass is 10.3. The van der Waals surface area contributed by atoms with E-state index in [1.165, 1.54) is 45.6 Å². The molecule has 0 unspecified atom stereocenters. The number of nitrogens with one attached hydrogen (secondary N) is 1. The molecule has 0 radical (unpaired) electrons. The highest BCUT2D eigenvalue weighted by atomic mass is 32.2. The number of aromatic nitrogens is 2. The minimum atomic E-state index is -4.76. The number of nitrogens with zero attached hydrogens (tertiary/aromatic N) is 4. The molecular formula is C25H25F4N5O5S. The Morgan fingerprint density at radius 2 is 1.65 bits per heavy atom. The smallest absolute Gasteiger partial charge is 0.433 e. The van der Waals surface area contributed by atoms with Gasteiger partial charge in [0.15, 0.2) is 5.69 Å². The van der Waals surface area contributed by atoms with Crippen molar-refractivity contribution in [3.63, 3.8) is 0 Å². The van der Waals surface area contributed by atoms with Crippen LogP contribution in [0.3, 0.4) is 0 Å². The quantitative estimate of drug-likeness (QED) is 0.268. The van der Waals surface area contributed by atoms with Gasteiger partial charge in [0.25, 0.3) is 0 Å². The van der Waals surface area contributed by atoms with Crippen LogP contribution in [0.4, 0.5) is 35.0 Å². The van der Waals surface area contributed by atoms with Crippen LogP contribution in [0.5, 0.6) is 5.75 Å². The van der Waals surface area contributed by atoms with Crippen LogP contribution in [-0.2, 0) is 21.0 Å². The average molecular weight is 584 g/mol. The molecule has 1 aliphatic heterocycles. The monoisotopic (exact) mass is 583 g/mol. The fourth-order valence-corrected chi connectivity index (χ4v) is 5.29. The van der Waals surface area contributed by atoms with E-state index in [9.17, 15) is 30.8 Å². The molecule has 214 valence electrons. The number of piperazine rings is 1. The molecule has 0 atom stereocenters. The number of alkyl halides is 3. The number of aliphatic carboxylic acids is 1. The first kappa shape index (κ1) is 29.0. The predicted molar refractivity (Wildman–Crippen MR) is 136 cm³/mol. The molecule has 0 bridgehead atoms. The Balaban J connectivity index is 1.43. The zero-order chi connectivity index (χ0) is 28.9. The summed E-state index contributed by atoms with van der Waals surface area (Å²) in [6.45, 7) is 0.216. The van der Waals surface area contributed by atoms with Crippen LogP contribution in [0.15, 0.2) is 59.5 Å². The van der Waals surface area contributed by atoms with Gasteiger partial charge in [-0.3, -0.25) is 4.79 Å². The minimum Gasteiger partial charge on any atom is -0.494 e. The van der Waals surface area contributed by atoms with Gasteiger partial charge in [-0.2, -0.15) is 22.5 Å². The second kappa shape index (κ2) is 12.0. The second-order valence-corrected chi connectivity index (χ2v) is 10.7. The first-order valence-electron chi connectivity index (χ1n) is 12.1. The normalized spacial score (nSPS) is 14.7. The Morgan fingerprint density at radius 1 is 1.00 bits per heavy atom. The van der Waals surface area contributed by atoms with Gasteiger partial charge in [-0.1, -0.05) is 0 Å². The lowest BCUT2D eigenvalue weighted by Gasteiger charge is -2.34. The number of hydrogen-bond donors (Lipinski definition) is 2. The number of carbonyl (C=O) groups is 1. The molecular weight excluding hydrogens is 558 g/mol. The van der Waals surface area contributed by atoms with Crippen LogP contribution in [0, 0.1) is 5.82 Å². The molecule has 4 rings (SSSR count). The molecule has 1 saturated heterocycles. The Kier molecular flexibility index (Phi) is 8.73. The molecule has 15 heteroatoms. The number of halogens is 4. The third kappa shape index (κ3) is 7.35. The van der Waals surface area contributed by atoms with Crippen LogP contribution in [-0.4, -0.2) is 66.6 Å². The number of carboxylic acid groups (broad SMARTS) is 1. The van der Waals surface area contributed by atoms with Crippen LogP contribution in [0.25, 0.3) is 0 Å². The third-order valence-corrected chi connectivity index (χ3v) is 7.82. The number of ether oxygens (including phenoxy) is 1. The summed E-state index contributed by atoms with van der Waals surface area (Å²) in [7, 11) is -3.90. The molecule has 10 nitrogen and oxygen atoms in total. The first-order chi connectivity index (χ1) is 18.9. The predicted octanol–water partition coefficient (Wildman–Crippen LogP) is 4.13. The third-order valence-electron chi connectivity index (χ3n) is 5.91. The highest BCUT2D eigenvalue weighted by Gasteiger charge is 2.35. The van der Waals surface area contributed by atoms with Crippen molar-refractivity contribution in [1.29, 1.82) is 0 Å². The van der Waals surface area contributed by atoms with Crippen molar-refractivity contribution in [3.05, 3.63) is 66.1 Å². The summed E-state index contributed by atoms with van der Waals surface area (Å²) in [6, 6.07) is 11.4. The maximum absolute atomic E-state index is 13.6. The summed E-state index contributed by atoms with van der Waals surface area (Å²) in [4.78, 5) is 19.9. The van der Waals surface area contributed by atoms with E-state index in [2.05, 4.69) is 15.3 Å². The molecule has 2 heterocycles. The largest absolute Gasteiger partial charge is 0.494 e. The molecule has 40 heavy (non-hydrogen) atoms. The van der Waals surface area contributed by atoms with Crippen molar-refractivity contribution in [3.8, 4) is 5.75 Å². The molecule has 1 fully saturated rings. The van der Waals surface area contributed by atoms with Gasteiger partial charge in [0.1, 0.15) is 17.4 Å². The van der Waals surface area contributed by atoms with Crippen LogP contribution < -0.4 is 15.0 Å². The zero-order valence-corrected chi connectivity index (χ0v) is 21.8. The van der Waals surface area contributed by atoms with Gasteiger partial charge in [-0.15, -0.1) is 0 Å². The molecule has 2 aromatic carbocycles. The van der Waals surface area contributed by atoms with E-state index < -0.39 is 33.7 Å². The average Bonchev–Trinajstić information content (AvgIpc) is 2.92. The number of hydrogen-bond acceptors (Lipinski definition) is 8. The van der Waals surface area contributed by atoms with E-state index in [0.29, 0.717) is 17.9 Å². The van der Waals surface area contributed by atoms with Crippen molar-refractivity contribution in [2.24, 2.45) is 0 Å². The Hall–Kier alpha value is -3.98. The Bertz CT molecular complexity index is 1430. The van der Waals surface area contributed by atoms with Crippen molar-refractivity contribution in [2.45, 2.75) is 23.9 Å². The summed E-state index contributed by atoms with van der Waals surface area (Å²) in [6.07, 6.45) is -4.50. The molecule has 0 saturated carbocycles. The van der Waals surface area contributed by atoms with Crippen molar-refractivity contribution < 1.29 is 40.6 Å². The molecule has 0 spiro atoms. The van der Waals surface area contributed by atoms with E-state index >= 15 is 0 Å². The molecule has 0 aliphatic carbocycles. The topological polar surface area (TPSA) is 125 Å². The number of rotatable bonds is 10. The van der Waals surface area contributed by atoms with Gasteiger partial charge < -0.3 is 20.1 Å². The maximum Gasteiger partial charge on any atom is 0.433 e. The van der Waals surface area contributed by atoms with Gasteiger partial charge in [0, 0.05) is 44.4 Å². The summed E-state index contributed by atoms with van der Waals surface area (Å²) in [5, 5.41) is 11.4. The Labute approximate surface area is 227 Å². The molecule has 2 N–H and O–H groups in total. The lowest BCUT2D eigenvalue weighted by molar-refractivity contribution is -0.141. The summed E-state index contributed by atoms with van der Waals surface area (Å²) < 4.78 is 86.8. The van der Waals surface area contributed by atoms with E-state index in [4.69, 9.17) is 9.84 Å². The Morgan fingerprint density at radius 3 is 2.25 bits per heavy atom. The van der Waals surface area contributed by atoms with E-state index in [0.717, 1.165) is 18.2 Å². The van der Waals surface area contributed by atoms with Crippen molar-refractivity contribution >= 4 is 33.4 Å². The SMILES string of the molecule is O=C(O)CCCOc1ccc(S(=O)(=O)N2CCN(c3nc(Nc4ccc(F)cc4)cc(C(F)(F)F)n3)CC2)cc1. The standard InChI is InChI=1S/C25H25F4N5O5S/c26-17-3-5-18(6-4-17)30-22-16-21(25(27,28)29)31-24(32-22)33-11-13-34(14-12-33)40(37,38)20-9-7-19(8-10-20)39-15-1-2-23(35)36/h3-10,16H,1-2,11-15H2,(H,35,36)(H,30,31,32). The van der Waals surface area contributed by atoms with Gasteiger partial charge >= 0.3 is 12.1 Å². The number of sulfonamides is 1. The number of anilines is 3. The molecule has 1 aliphatic rings. The molecule has 1 aromatic heterocycles. The van der Waals surface area contributed by atoms with Gasteiger partial charge in [0.05, 0.1) is 11.5 Å². The lowest BCUT2D eigenvalue weighted by Crippen LogP contribution is -2.49. The first-order valence-corrected chi connectivity index (χ1v) is 13.5. The van der Waals surface area contributed by atoms with Crippen molar-refractivity contribution in [2.75, 3.05) is 43.0 Å². The second-order valence-electron chi connectivity index (χ2n) is 8.78. The van der Waals surface area contributed by atoms with E-state index in [-0.39, 0.29) is 55.9 Å². The summed E-state index contributed by atoms with van der Waals surface area (Å²) in [5.74, 6) is -1.42. The van der Waals surface area contributed by atoms with Crippen LogP contribution in [0.1, 0.15) is 18.5 Å². The highest BCUT2D eigenvalue weighted by molar-refractivity contribution is 7.89. The van der Waals surface area contributed by atoms with Gasteiger partial charge in [-0.05, 0) is 55.0 Å². The van der Waals surface area contributed by atoms with Crippen LogP contribution in [0.2, 0.25) is 0 Å². The van der Waals surface area contributed by atoms with E-state index in [1.807, 2.05) is 0 Å². The molecule has 3 aromatic rings. The van der Waals surface area contributed by atoms with Gasteiger partial charge in [0.2, 0.25) is 16.0 Å². The fourth-order valence-electron chi connectivity index (χ4n) is 3.87. The zero-order valence-electron chi connectivity index (χ0n) is 20.9. The summed E-state index contributed by atoms with van der Waals surface area (Å²) >= 11 is 0. The highest BCUT2D eigenvalue weighted by Crippen LogP contribution is 2.32. The maximum atomic E-state index is 13.6. The van der Waals surface area contributed by atoms with Crippen molar-refractivity contribution in [1.82, 2.24) is 14.3 Å². The fraction of sp³-hybridized carbons (Fsp3) is 0.320. The molecule has 0 amide bonds. The number of carboxylic acids is 1. The van der Waals surface area contributed by atoms with Crippen LogP contribution >= 0.6 is 0 Å².